The van der Waals surface area contributed by atoms with E-state index in [2.05, 4.69) is 70.0 Å². The standard InChI is InChI=1S/C27H40N4O3.C10H13N3/c1-19-6-8-20(9-7-19)15-21-16-23(18-32)31(17-21)27(34)25-24(5-4-12-28-25)26(33)30(22-10-11-22)14-13-29(2)3;1-11-6-8-3-4-10-9(5-8)7-12-13(10)2/h6-9,18,21-25,28H,4-5,10-17H2,1-3H3;3-5,7,11H,6H2,1-2H3/t21-,23?,24+,25-;/m1./s1. The zero-order chi connectivity index (χ0) is 33.5. The van der Waals surface area contributed by atoms with E-state index in [0.717, 1.165) is 58.0 Å². The third kappa shape index (κ3) is 8.86. The number of likely N-dealkylation sites (N-methyl/N-ethyl adjacent to an activating group) is 1. The summed E-state index contributed by atoms with van der Waals surface area (Å²) >= 11 is 0. The molecule has 1 aliphatic carbocycles. The predicted octanol–water partition coefficient (Wildman–Crippen LogP) is 3.17. The Morgan fingerprint density at radius 2 is 1.81 bits per heavy atom. The Morgan fingerprint density at radius 1 is 1.06 bits per heavy atom. The van der Waals surface area contributed by atoms with Crippen molar-refractivity contribution >= 4 is 29.0 Å². The number of fused-ring (bicyclic) bond motifs is 1. The Morgan fingerprint density at radius 3 is 2.49 bits per heavy atom. The summed E-state index contributed by atoms with van der Waals surface area (Å²) < 4.78 is 1.89. The number of benzene rings is 2. The molecule has 1 unspecified atom stereocenters. The van der Waals surface area contributed by atoms with E-state index in [1.54, 1.807) is 4.90 Å². The van der Waals surface area contributed by atoms with Crippen LogP contribution in [0.1, 0.15) is 48.8 Å². The summed E-state index contributed by atoms with van der Waals surface area (Å²) in [5, 5.41) is 11.9. The minimum atomic E-state index is -0.539. The first-order valence-corrected chi connectivity index (χ1v) is 17.2. The molecule has 2 aliphatic heterocycles. The number of rotatable bonds is 11. The van der Waals surface area contributed by atoms with Gasteiger partial charge in [0.15, 0.2) is 0 Å². The SMILES string of the molecule is CNCc1ccc2c(cnn2C)c1.Cc1ccc(C[C@@H]2CC(C=O)N(C(=O)[C@@H]3NCCC[C@@H]3C(=O)N(CCN(C)C)C3CC3)C2)cc1. The van der Waals surface area contributed by atoms with E-state index in [1.807, 2.05) is 44.0 Å². The van der Waals surface area contributed by atoms with E-state index in [0.29, 0.717) is 25.6 Å². The molecule has 1 saturated carbocycles. The number of nitrogens with zero attached hydrogens (tertiary/aromatic N) is 5. The van der Waals surface area contributed by atoms with Gasteiger partial charge in [0.05, 0.1) is 29.7 Å². The van der Waals surface area contributed by atoms with Crippen molar-refractivity contribution in [2.75, 3.05) is 47.3 Å². The molecule has 3 heterocycles. The monoisotopic (exact) mass is 643 g/mol. The molecule has 2 amide bonds. The number of piperidine rings is 1. The molecule has 4 atom stereocenters. The summed E-state index contributed by atoms with van der Waals surface area (Å²) in [6.07, 6.45) is 8.07. The van der Waals surface area contributed by atoms with Crippen molar-refractivity contribution in [3.8, 4) is 0 Å². The molecule has 3 aromatic rings. The van der Waals surface area contributed by atoms with E-state index in [1.165, 1.54) is 27.6 Å². The number of aryl methyl sites for hydroxylation is 2. The van der Waals surface area contributed by atoms with Crippen LogP contribution in [0.25, 0.3) is 10.9 Å². The van der Waals surface area contributed by atoms with E-state index in [9.17, 15) is 14.4 Å². The van der Waals surface area contributed by atoms with Crippen molar-refractivity contribution in [2.24, 2.45) is 18.9 Å². The van der Waals surface area contributed by atoms with Crippen LogP contribution in [-0.4, -0.2) is 108 Å². The number of carbonyl (C=O) groups excluding carboxylic acids is 3. The highest BCUT2D eigenvalue weighted by Gasteiger charge is 2.45. The van der Waals surface area contributed by atoms with Crippen LogP contribution < -0.4 is 10.6 Å². The molecule has 1 aromatic heterocycles. The molecule has 2 saturated heterocycles. The first kappa shape index (κ1) is 34.7. The minimum absolute atomic E-state index is 0.0788. The summed E-state index contributed by atoms with van der Waals surface area (Å²) in [5.74, 6) is -0.0759. The lowest BCUT2D eigenvalue weighted by atomic mass is 9.88. The second-order valence-corrected chi connectivity index (χ2v) is 13.9. The molecule has 0 spiro atoms. The Balaban J connectivity index is 0.000000277. The number of hydrogen-bond acceptors (Lipinski definition) is 7. The van der Waals surface area contributed by atoms with Crippen LogP contribution in [0.15, 0.2) is 48.7 Å². The highest BCUT2D eigenvalue weighted by molar-refractivity contribution is 5.92. The quantitative estimate of drug-likeness (QED) is 0.310. The summed E-state index contributed by atoms with van der Waals surface area (Å²) in [6, 6.07) is 14.2. The highest BCUT2D eigenvalue weighted by Crippen LogP contribution is 2.32. The fourth-order valence-corrected chi connectivity index (χ4v) is 7.04. The molecule has 3 fully saturated rings. The van der Waals surface area contributed by atoms with E-state index >= 15 is 0 Å². The molecule has 47 heavy (non-hydrogen) atoms. The van der Waals surface area contributed by atoms with Gasteiger partial charge in [0.1, 0.15) is 6.29 Å². The summed E-state index contributed by atoms with van der Waals surface area (Å²) in [5.41, 5.74) is 4.94. The van der Waals surface area contributed by atoms with Crippen LogP contribution in [0.2, 0.25) is 0 Å². The van der Waals surface area contributed by atoms with Crippen molar-refractivity contribution in [1.82, 2.24) is 35.1 Å². The topological polar surface area (TPSA) is 103 Å². The molecule has 3 aliphatic rings. The molecule has 10 nitrogen and oxygen atoms in total. The second-order valence-electron chi connectivity index (χ2n) is 13.9. The normalized spacial score (nSPS) is 22.6. The van der Waals surface area contributed by atoms with Crippen LogP contribution in [0.3, 0.4) is 0 Å². The van der Waals surface area contributed by atoms with Gasteiger partial charge in [-0.05, 0) is 102 Å². The Bertz CT molecular complexity index is 1500. The van der Waals surface area contributed by atoms with Gasteiger partial charge in [0.2, 0.25) is 11.8 Å². The van der Waals surface area contributed by atoms with Crippen molar-refractivity contribution < 1.29 is 14.4 Å². The fraction of sp³-hybridized carbons (Fsp3) is 0.568. The molecular weight excluding hydrogens is 590 g/mol. The smallest absolute Gasteiger partial charge is 0.241 e. The second kappa shape index (κ2) is 16.0. The number of carbonyl (C=O) groups is 3. The first-order valence-electron chi connectivity index (χ1n) is 17.2. The predicted molar refractivity (Wildman–Crippen MR) is 186 cm³/mol. The van der Waals surface area contributed by atoms with Gasteiger partial charge >= 0.3 is 0 Å². The molecule has 0 bridgehead atoms. The molecule has 6 rings (SSSR count). The van der Waals surface area contributed by atoms with E-state index in [4.69, 9.17) is 0 Å². The lowest BCUT2D eigenvalue weighted by molar-refractivity contribution is -0.146. The third-order valence-electron chi connectivity index (χ3n) is 9.81. The van der Waals surface area contributed by atoms with Gasteiger partial charge in [-0.3, -0.25) is 14.3 Å². The number of aldehydes is 1. The summed E-state index contributed by atoms with van der Waals surface area (Å²) in [6.45, 7) is 5.80. The molecule has 254 valence electrons. The van der Waals surface area contributed by atoms with Crippen molar-refractivity contribution in [3.05, 3.63) is 65.4 Å². The molecule has 2 aromatic carbocycles. The van der Waals surface area contributed by atoms with Gasteiger partial charge in [0, 0.05) is 44.7 Å². The summed E-state index contributed by atoms with van der Waals surface area (Å²) in [4.78, 5) is 45.1. The van der Waals surface area contributed by atoms with Crippen molar-refractivity contribution in [1.29, 1.82) is 0 Å². The van der Waals surface area contributed by atoms with Gasteiger partial charge in [-0.2, -0.15) is 5.10 Å². The van der Waals surface area contributed by atoms with Gasteiger partial charge in [-0.25, -0.2) is 0 Å². The third-order valence-corrected chi connectivity index (χ3v) is 9.81. The number of nitrogens with one attached hydrogen (secondary N) is 2. The fourth-order valence-electron chi connectivity index (χ4n) is 7.04. The molecule has 10 heteroatoms. The largest absolute Gasteiger partial charge is 0.338 e. The lowest BCUT2D eigenvalue weighted by Crippen LogP contribution is -2.58. The average Bonchev–Trinajstić information content (AvgIpc) is 3.72. The van der Waals surface area contributed by atoms with Crippen LogP contribution >= 0.6 is 0 Å². The zero-order valence-corrected chi connectivity index (χ0v) is 28.8. The van der Waals surface area contributed by atoms with Gasteiger partial charge < -0.3 is 30.1 Å². The maximum absolute atomic E-state index is 13.7. The van der Waals surface area contributed by atoms with Crippen LogP contribution in [0, 0.1) is 18.8 Å². The first-order chi connectivity index (χ1) is 22.7. The maximum atomic E-state index is 13.7. The van der Waals surface area contributed by atoms with Crippen molar-refractivity contribution in [3.63, 3.8) is 0 Å². The van der Waals surface area contributed by atoms with Gasteiger partial charge in [-0.15, -0.1) is 0 Å². The van der Waals surface area contributed by atoms with Crippen LogP contribution in [-0.2, 0) is 34.4 Å². The Hall–Kier alpha value is -3.60. The van der Waals surface area contributed by atoms with Crippen LogP contribution in [0.4, 0.5) is 0 Å². The average molecular weight is 644 g/mol. The molecule has 0 radical (unpaired) electrons. The maximum Gasteiger partial charge on any atom is 0.241 e. The lowest BCUT2D eigenvalue weighted by Gasteiger charge is -2.37. The zero-order valence-electron chi connectivity index (χ0n) is 28.8. The Labute approximate surface area is 279 Å². The molecular formula is C37H53N7O3. The Kier molecular flexibility index (Phi) is 11.8. The highest BCUT2D eigenvalue weighted by atomic mass is 16.2. The van der Waals surface area contributed by atoms with E-state index < -0.39 is 12.1 Å². The number of aromatic nitrogens is 2. The van der Waals surface area contributed by atoms with E-state index in [-0.39, 0.29) is 23.7 Å². The van der Waals surface area contributed by atoms with Gasteiger partial charge in [0.25, 0.3) is 0 Å². The number of likely N-dealkylation sites (tertiary alicyclic amines) is 1. The number of amides is 2. The summed E-state index contributed by atoms with van der Waals surface area (Å²) in [7, 11) is 7.95. The molecule has 2 N–H and O–H groups in total. The van der Waals surface area contributed by atoms with Gasteiger partial charge in [-0.1, -0.05) is 35.9 Å². The minimum Gasteiger partial charge on any atom is -0.338 e. The number of hydrogen-bond donors (Lipinski definition) is 2. The van der Waals surface area contributed by atoms with Crippen LogP contribution in [0.5, 0.6) is 0 Å². The van der Waals surface area contributed by atoms with Crippen molar-refractivity contribution in [2.45, 2.75) is 70.1 Å².